The number of nitrogens with one attached hydrogen (secondary N) is 2. The fourth-order valence-electron chi connectivity index (χ4n) is 1.72. The Balaban J connectivity index is 2.13. The molecule has 2 aromatic rings. The first-order valence-electron chi connectivity index (χ1n) is 5.82. The van der Waals surface area contributed by atoms with E-state index in [0.717, 1.165) is 12.1 Å². The predicted octanol–water partition coefficient (Wildman–Crippen LogP) is 2.71. The maximum absolute atomic E-state index is 12.6. The molecule has 0 fully saturated rings. The highest BCUT2D eigenvalue weighted by atomic mass is 19.4. The lowest BCUT2D eigenvalue weighted by atomic mass is 10.1. The number of rotatable bonds is 3. The third kappa shape index (κ3) is 3.59. The van der Waals surface area contributed by atoms with Crippen LogP contribution in [0.1, 0.15) is 17.0 Å². The van der Waals surface area contributed by atoms with E-state index < -0.39 is 11.7 Å². The molecule has 7 heteroatoms. The summed E-state index contributed by atoms with van der Waals surface area (Å²) in [6, 6.07) is 6.24. The molecule has 0 bridgehead atoms. The molecule has 20 heavy (non-hydrogen) atoms. The minimum absolute atomic E-state index is 0.153. The molecule has 4 nitrogen and oxygen atoms in total. The highest BCUT2D eigenvalue weighted by Gasteiger charge is 2.30. The van der Waals surface area contributed by atoms with Crippen molar-refractivity contribution in [1.29, 1.82) is 0 Å². The van der Waals surface area contributed by atoms with Gasteiger partial charge in [0.25, 0.3) is 5.56 Å². The van der Waals surface area contributed by atoms with Crippen molar-refractivity contribution in [1.82, 2.24) is 9.97 Å². The quantitative estimate of drug-likeness (QED) is 0.910. The van der Waals surface area contributed by atoms with E-state index in [-0.39, 0.29) is 12.1 Å². The van der Waals surface area contributed by atoms with Crippen molar-refractivity contribution < 1.29 is 13.2 Å². The zero-order chi connectivity index (χ0) is 14.8. The number of hydrogen-bond acceptors (Lipinski definition) is 3. The second kappa shape index (κ2) is 5.36. The fraction of sp³-hybridized carbons (Fsp3) is 0.231. The topological polar surface area (TPSA) is 57.8 Å². The highest BCUT2D eigenvalue weighted by molar-refractivity contribution is 5.35. The smallest absolute Gasteiger partial charge is 0.366 e. The van der Waals surface area contributed by atoms with Crippen molar-refractivity contribution in [3.63, 3.8) is 0 Å². The average molecular weight is 283 g/mol. The Morgan fingerprint density at radius 3 is 2.70 bits per heavy atom. The van der Waals surface area contributed by atoms with Crippen LogP contribution in [0.4, 0.5) is 19.0 Å². The largest absolute Gasteiger partial charge is 0.416 e. The summed E-state index contributed by atoms with van der Waals surface area (Å²) in [5, 5.41) is 2.82. The van der Waals surface area contributed by atoms with Gasteiger partial charge in [-0.05, 0) is 24.6 Å². The van der Waals surface area contributed by atoms with Crippen molar-refractivity contribution in [2.24, 2.45) is 0 Å². The summed E-state index contributed by atoms with van der Waals surface area (Å²) in [4.78, 5) is 17.7. The van der Waals surface area contributed by atoms with Crippen LogP contribution < -0.4 is 10.9 Å². The number of anilines is 1. The number of H-pyrrole nitrogens is 1. The van der Waals surface area contributed by atoms with Crippen molar-refractivity contribution in [3.8, 4) is 0 Å². The van der Waals surface area contributed by atoms with Crippen LogP contribution >= 0.6 is 0 Å². The number of hydrogen-bond donors (Lipinski definition) is 2. The Morgan fingerprint density at radius 1 is 1.30 bits per heavy atom. The van der Waals surface area contributed by atoms with Crippen molar-refractivity contribution in [2.75, 3.05) is 5.32 Å². The van der Waals surface area contributed by atoms with E-state index in [4.69, 9.17) is 0 Å². The molecule has 0 saturated heterocycles. The van der Waals surface area contributed by atoms with Gasteiger partial charge in [0.05, 0.1) is 5.56 Å². The first-order chi connectivity index (χ1) is 9.34. The molecule has 1 heterocycles. The molecule has 1 aromatic heterocycles. The lowest BCUT2D eigenvalue weighted by molar-refractivity contribution is -0.137. The Morgan fingerprint density at radius 2 is 2.05 bits per heavy atom. The van der Waals surface area contributed by atoms with Gasteiger partial charge in [-0.1, -0.05) is 12.1 Å². The van der Waals surface area contributed by atoms with Crippen LogP contribution in [-0.4, -0.2) is 9.97 Å². The second-order valence-electron chi connectivity index (χ2n) is 4.27. The van der Waals surface area contributed by atoms with Gasteiger partial charge >= 0.3 is 6.18 Å². The molecule has 0 spiro atoms. The molecule has 0 aliphatic heterocycles. The molecule has 0 aliphatic rings. The molecule has 0 unspecified atom stereocenters. The zero-order valence-electron chi connectivity index (χ0n) is 10.6. The van der Waals surface area contributed by atoms with E-state index >= 15 is 0 Å². The SMILES string of the molecule is Cc1nc(NCc2cccc(C(F)(F)F)c2)cc(=O)[nH]1. The van der Waals surface area contributed by atoms with Crippen molar-refractivity contribution >= 4 is 5.82 Å². The lowest BCUT2D eigenvalue weighted by Gasteiger charge is -2.10. The van der Waals surface area contributed by atoms with Gasteiger partial charge < -0.3 is 10.3 Å². The molecule has 1 aromatic carbocycles. The third-order valence-electron chi connectivity index (χ3n) is 2.59. The Bertz CT molecular complexity index is 664. The van der Waals surface area contributed by atoms with Gasteiger partial charge in [0.15, 0.2) is 0 Å². The van der Waals surface area contributed by atoms with Crippen LogP contribution in [0.15, 0.2) is 35.1 Å². The number of aromatic nitrogens is 2. The minimum atomic E-state index is -4.37. The normalized spacial score (nSPS) is 11.4. The maximum Gasteiger partial charge on any atom is 0.416 e. The molecular weight excluding hydrogens is 271 g/mol. The first-order valence-corrected chi connectivity index (χ1v) is 5.82. The molecule has 2 rings (SSSR count). The number of aromatic amines is 1. The number of alkyl halides is 3. The monoisotopic (exact) mass is 283 g/mol. The number of nitrogens with zero attached hydrogens (tertiary/aromatic N) is 1. The van der Waals surface area contributed by atoms with E-state index in [0.29, 0.717) is 17.2 Å². The average Bonchev–Trinajstić information content (AvgIpc) is 2.35. The molecule has 0 amide bonds. The lowest BCUT2D eigenvalue weighted by Crippen LogP contribution is -2.12. The standard InChI is InChI=1S/C13H12F3N3O/c1-8-18-11(6-12(20)19-8)17-7-9-3-2-4-10(5-9)13(14,15)16/h2-6H,7H2,1H3,(H2,17,18,19,20). The molecule has 0 aliphatic carbocycles. The number of aryl methyl sites for hydroxylation is 1. The molecule has 106 valence electrons. The minimum Gasteiger partial charge on any atom is -0.366 e. The van der Waals surface area contributed by atoms with Crippen LogP contribution in [0.2, 0.25) is 0 Å². The summed E-state index contributed by atoms with van der Waals surface area (Å²) in [6.45, 7) is 1.77. The van der Waals surface area contributed by atoms with E-state index in [2.05, 4.69) is 15.3 Å². The van der Waals surface area contributed by atoms with Crippen LogP contribution in [0.25, 0.3) is 0 Å². The van der Waals surface area contributed by atoms with Crippen LogP contribution in [0.3, 0.4) is 0 Å². The van der Waals surface area contributed by atoms with E-state index in [1.165, 1.54) is 12.1 Å². The van der Waals surface area contributed by atoms with E-state index in [9.17, 15) is 18.0 Å². The summed E-state index contributed by atoms with van der Waals surface area (Å²) >= 11 is 0. The predicted molar refractivity (Wildman–Crippen MR) is 68.4 cm³/mol. The van der Waals surface area contributed by atoms with Gasteiger partial charge in [-0.15, -0.1) is 0 Å². The molecule has 0 atom stereocenters. The van der Waals surface area contributed by atoms with Gasteiger partial charge in [0.2, 0.25) is 0 Å². The van der Waals surface area contributed by atoms with Crippen molar-refractivity contribution in [2.45, 2.75) is 19.6 Å². The molecule has 2 N–H and O–H groups in total. The zero-order valence-corrected chi connectivity index (χ0v) is 10.6. The Kier molecular flexibility index (Phi) is 3.78. The second-order valence-corrected chi connectivity index (χ2v) is 4.27. The van der Waals surface area contributed by atoms with E-state index in [1.54, 1.807) is 13.0 Å². The highest BCUT2D eigenvalue weighted by Crippen LogP contribution is 2.29. The first kappa shape index (κ1) is 14.1. The Labute approximate surface area is 112 Å². The van der Waals surface area contributed by atoms with Crippen molar-refractivity contribution in [3.05, 3.63) is 57.6 Å². The van der Waals surface area contributed by atoms with Gasteiger partial charge in [-0.2, -0.15) is 13.2 Å². The Hall–Kier alpha value is -2.31. The fourth-order valence-corrected chi connectivity index (χ4v) is 1.72. The number of benzene rings is 1. The molecular formula is C13H12F3N3O. The van der Waals surface area contributed by atoms with Gasteiger partial charge in [-0.25, -0.2) is 4.98 Å². The van der Waals surface area contributed by atoms with E-state index in [1.807, 2.05) is 0 Å². The number of halogens is 3. The van der Waals surface area contributed by atoms with Crippen LogP contribution in [-0.2, 0) is 12.7 Å². The van der Waals surface area contributed by atoms with Crippen LogP contribution in [0.5, 0.6) is 0 Å². The van der Waals surface area contributed by atoms with Crippen LogP contribution in [0, 0.1) is 6.92 Å². The summed E-state index contributed by atoms with van der Waals surface area (Å²) in [6.07, 6.45) is -4.37. The van der Waals surface area contributed by atoms with Gasteiger partial charge in [-0.3, -0.25) is 4.79 Å². The summed E-state index contributed by atoms with van der Waals surface area (Å²) in [5.74, 6) is 0.757. The third-order valence-corrected chi connectivity index (χ3v) is 2.59. The maximum atomic E-state index is 12.6. The molecule has 0 radical (unpaired) electrons. The van der Waals surface area contributed by atoms with Gasteiger partial charge in [0.1, 0.15) is 11.6 Å². The summed E-state index contributed by atoms with van der Waals surface area (Å²) in [7, 11) is 0. The molecule has 0 saturated carbocycles. The summed E-state index contributed by atoms with van der Waals surface area (Å²) in [5.41, 5.74) is -0.560. The van der Waals surface area contributed by atoms with Gasteiger partial charge in [0, 0.05) is 12.6 Å². The summed E-state index contributed by atoms with van der Waals surface area (Å²) < 4.78 is 37.7.